The van der Waals surface area contributed by atoms with E-state index in [0.717, 1.165) is 10.9 Å². The number of nitrogens with zero attached hydrogens (tertiary/aromatic N) is 1. The molecule has 0 saturated heterocycles. The number of aromatic hydroxyl groups is 1. The first-order chi connectivity index (χ1) is 5.36. The molecule has 0 amide bonds. The van der Waals surface area contributed by atoms with E-state index in [1.165, 1.54) is 0 Å². The molecule has 0 aliphatic heterocycles. The maximum absolute atomic E-state index is 9.08. The van der Waals surface area contributed by atoms with E-state index in [2.05, 4.69) is 11.1 Å². The Morgan fingerprint density at radius 1 is 1.33 bits per heavy atom. The molecule has 0 saturated carbocycles. The molecule has 2 nitrogen and oxygen atoms in total. The fourth-order valence-corrected chi connectivity index (χ4v) is 0.994. The predicted molar refractivity (Wildman–Crippen MR) is 42.2 cm³/mol. The van der Waals surface area contributed by atoms with E-state index < -0.39 is 0 Å². The first-order valence-corrected chi connectivity index (χ1v) is 3.32. The molecule has 0 fully saturated rings. The third kappa shape index (κ3) is 1.64. The van der Waals surface area contributed by atoms with Crippen LogP contribution in [-0.2, 0) is 21.1 Å². The quantitative estimate of drug-likeness (QED) is 0.748. The summed E-state index contributed by atoms with van der Waals surface area (Å²) in [7, 11) is 0. The van der Waals surface area contributed by atoms with E-state index in [9.17, 15) is 0 Å². The third-order valence-electron chi connectivity index (χ3n) is 1.51. The SMILES string of the molecule is Oc1ccc2[c-]ccnc2c1.[W]. The van der Waals surface area contributed by atoms with E-state index >= 15 is 0 Å². The fraction of sp³-hybridized carbons (Fsp3) is 0. The Labute approximate surface area is 84.5 Å². The van der Waals surface area contributed by atoms with Crippen LogP contribution >= 0.6 is 0 Å². The topological polar surface area (TPSA) is 33.1 Å². The Balaban J connectivity index is 0.000000720. The van der Waals surface area contributed by atoms with Crippen LogP contribution in [0.3, 0.4) is 0 Å². The Kier molecular flexibility index (Phi) is 2.82. The molecule has 0 spiro atoms. The summed E-state index contributed by atoms with van der Waals surface area (Å²) in [5.41, 5.74) is 0.771. The van der Waals surface area contributed by atoms with Crippen molar-refractivity contribution in [1.82, 2.24) is 4.98 Å². The molecule has 60 valence electrons. The van der Waals surface area contributed by atoms with Crippen molar-refractivity contribution in [3.05, 3.63) is 36.5 Å². The second-order valence-electron chi connectivity index (χ2n) is 2.29. The zero-order valence-electron chi connectivity index (χ0n) is 6.19. The molecule has 0 unspecified atom stereocenters. The standard InChI is InChI=1S/C9H6NO.W/c11-8-4-3-7-2-1-5-10-9(7)6-8;/h1,3-6,11H;/q-1;. The number of hydrogen-bond acceptors (Lipinski definition) is 2. The molecule has 2 aromatic rings. The van der Waals surface area contributed by atoms with E-state index in [-0.39, 0.29) is 26.8 Å². The fourth-order valence-electron chi connectivity index (χ4n) is 0.994. The van der Waals surface area contributed by atoms with Gasteiger partial charge in [-0.15, -0.1) is 23.6 Å². The van der Waals surface area contributed by atoms with Crippen molar-refractivity contribution in [3.8, 4) is 5.75 Å². The van der Waals surface area contributed by atoms with Gasteiger partial charge in [0.25, 0.3) is 0 Å². The van der Waals surface area contributed by atoms with Crippen molar-refractivity contribution in [3.63, 3.8) is 0 Å². The van der Waals surface area contributed by atoms with Gasteiger partial charge in [-0.1, -0.05) is 12.3 Å². The van der Waals surface area contributed by atoms with Crippen molar-refractivity contribution in [2.75, 3.05) is 0 Å². The minimum absolute atomic E-state index is 0. The summed E-state index contributed by atoms with van der Waals surface area (Å²) in [4.78, 5) is 4.05. The van der Waals surface area contributed by atoms with Gasteiger partial charge in [-0.3, -0.25) is 0 Å². The molecule has 0 bridgehead atoms. The van der Waals surface area contributed by atoms with Crippen LogP contribution in [0.25, 0.3) is 10.9 Å². The van der Waals surface area contributed by atoms with Crippen molar-refractivity contribution >= 4 is 10.9 Å². The molecule has 0 aliphatic rings. The molecule has 1 aromatic heterocycles. The van der Waals surface area contributed by atoms with Crippen molar-refractivity contribution in [2.45, 2.75) is 0 Å². The van der Waals surface area contributed by atoms with Crippen LogP contribution in [0.4, 0.5) is 0 Å². The Morgan fingerprint density at radius 2 is 2.17 bits per heavy atom. The summed E-state index contributed by atoms with van der Waals surface area (Å²) >= 11 is 0. The maximum atomic E-state index is 9.08. The van der Waals surface area contributed by atoms with Crippen LogP contribution in [-0.4, -0.2) is 10.1 Å². The molecule has 12 heavy (non-hydrogen) atoms. The smallest absolute Gasteiger partial charge is 0.0989 e. The number of rotatable bonds is 0. The number of aromatic nitrogens is 1. The molecular formula is C9H6NOW-. The number of fused-ring (bicyclic) bond motifs is 1. The van der Waals surface area contributed by atoms with Gasteiger partial charge in [0.1, 0.15) is 0 Å². The van der Waals surface area contributed by atoms with E-state index in [4.69, 9.17) is 5.11 Å². The molecule has 1 N–H and O–H groups in total. The summed E-state index contributed by atoms with van der Waals surface area (Å²) in [6.45, 7) is 0. The van der Waals surface area contributed by atoms with Gasteiger partial charge in [0.15, 0.2) is 0 Å². The molecule has 3 heteroatoms. The normalized spacial score (nSPS) is 9.33. The molecule has 2 rings (SSSR count). The molecule has 1 heterocycles. The van der Waals surface area contributed by atoms with Gasteiger partial charge in [0.2, 0.25) is 0 Å². The zero-order chi connectivity index (χ0) is 7.68. The molecule has 0 radical (unpaired) electrons. The Morgan fingerprint density at radius 3 is 3.00 bits per heavy atom. The number of hydrogen-bond donors (Lipinski definition) is 1. The number of pyridine rings is 1. The molecular weight excluding hydrogens is 322 g/mol. The van der Waals surface area contributed by atoms with Crippen molar-refractivity contribution < 1.29 is 26.2 Å². The van der Waals surface area contributed by atoms with E-state index in [1.807, 2.05) is 0 Å². The number of phenols is 1. The molecule has 0 aliphatic carbocycles. The Bertz CT molecular complexity index is 389. The van der Waals surface area contributed by atoms with Crippen LogP contribution in [0.15, 0.2) is 30.5 Å². The second kappa shape index (κ2) is 3.68. The van der Waals surface area contributed by atoms with Gasteiger partial charge in [0.05, 0.1) is 5.75 Å². The van der Waals surface area contributed by atoms with Gasteiger partial charge in [-0.05, 0) is 11.6 Å². The van der Waals surface area contributed by atoms with Crippen LogP contribution in [0, 0.1) is 6.07 Å². The maximum Gasteiger partial charge on any atom is 0.0989 e. The minimum atomic E-state index is 0. The zero-order valence-corrected chi connectivity index (χ0v) is 9.12. The van der Waals surface area contributed by atoms with E-state index in [0.29, 0.717) is 0 Å². The van der Waals surface area contributed by atoms with Gasteiger partial charge in [-0.25, -0.2) is 0 Å². The second-order valence-corrected chi connectivity index (χ2v) is 2.29. The summed E-state index contributed by atoms with van der Waals surface area (Å²) in [5, 5.41) is 10.00. The van der Waals surface area contributed by atoms with Crippen molar-refractivity contribution in [2.24, 2.45) is 0 Å². The largest absolute Gasteiger partial charge is 0.510 e. The summed E-state index contributed by atoms with van der Waals surface area (Å²) in [6, 6.07) is 9.79. The molecule has 0 atom stereocenters. The average Bonchev–Trinajstić information content (AvgIpc) is 2.04. The first-order valence-electron chi connectivity index (χ1n) is 3.32. The molecule has 1 aromatic carbocycles. The van der Waals surface area contributed by atoms with Gasteiger partial charge >= 0.3 is 0 Å². The summed E-state index contributed by atoms with van der Waals surface area (Å²) < 4.78 is 0. The average molecular weight is 328 g/mol. The van der Waals surface area contributed by atoms with Gasteiger partial charge in [-0.2, -0.15) is 0 Å². The number of benzene rings is 1. The minimum Gasteiger partial charge on any atom is -0.510 e. The monoisotopic (exact) mass is 328 g/mol. The van der Waals surface area contributed by atoms with Crippen molar-refractivity contribution in [1.29, 1.82) is 0 Å². The summed E-state index contributed by atoms with van der Waals surface area (Å²) in [6.07, 6.45) is 1.65. The Hall–Kier alpha value is -0.882. The first kappa shape index (κ1) is 9.21. The van der Waals surface area contributed by atoms with Gasteiger partial charge in [0, 0.05) is 21.1 Å². The third-order valence-corrected chi connectivity index (χ3v) is 1.51. The van der Waals surface area contributed by atoms with Crippen LogP contribution < -0.4 is 0 Å². The van der Waals surface area contributed by atoms with Crippen LogP contribution in [0.5, 0.6) is 5.75 Å². The van der Waals surface area contributed by atoms with Crippen LogP contribution in [0.1, 0.15) is 0 Å². The van der Waals surface area contributed by atoms with Gasteiger partial charge < -0.3 is 10.1 Å². The van der Waals surface area contributed by atoms with E-state index in [1.54, 1.807) is 30.5 Å². The number of phenolic OH excluding ortho intramolecular Hbond substituents is 1. The predicted octanol–water partition coefficient (Wildman–Crippen LogP) is 1.74. The van der Waals surface area contributed by atoms with Crippen LogP contribution in [0.2, 0.25) is 0 Å². The summed E-state index contributed by atoms with van der Waals surface area (Å²) in [5.74, 6) is 0.240.